The van der Waals surface area contributed by atoms with Crippen molar-refractivity contribution in [2.75, 3.05) is 6.54 Å². The summed E-state index contributed by atoms with van der Waals surface area (Å²) in [5.41, 5.74) is 1.13. The molecular formula is C11H20ClN3. The maximum absolute atomic E-state index is 6.15. The molecule has 0 saturated heterocycles. The summed E-state index contributed by atoms with van der Waals surface area (Å²) in [7, 11) is 0. The van der Waals surface area contributed by atoms with Gasteiger partial charge in [-0.3, -0.25) is 4.68 Å². The summed E-state index contributed by atoms with van der Waals surface area (Å²) in [6.45, 7) is 10.4. The van der Waals surface area contributed by atoms with Crippen LogP contribution in [0.1, 0.15) is 39.3 Å². The van der Waals surface area contributed by atoms with Gasteiger partial charge in [0, 0.05) is 18.5 Å². The molecule has 2 atom stereocenters. The van der Waals surface area contributed by atoms with Crippen LogP contribution in [0.2, 0.25) is 5.02 Å². The zero-order valence-electron chi connectivity index (χ0n) is 9.92. The van der Waals surface area contributed by atoms with Crippen molar-refractivity contribution in [2.45, 2.75) is 46.2 Å². The molecule has 1 aromatic heterocycles. The summed E-state index contributed by atoms with van der Waals surface area (Å²) in [4.78, 5) is 0. The molecule has 2 unspecified atom stereocenters. The van der Waals surface area contributed by atoms with E-state index in [9.17, 15) is 0 Å². The second-order valence-corrected chi connectivity index (χ2v) is 4.24. The summed E-state index contributed by atoms with van der Waals surface area (Å²) in [6.07, 6.45) is 1.73. The quantitative estimate of drug-likeness (QED) is 0.842. The molecule has 4 heteroatoms. The lowest BCUT2D eigenvalue weighted by Crippen LogP contribution is -2.31. The van der Waals surface area contributed by atoms with E-state index in [4.69, 9.17) is 11.6 Å². The summed E-state index contributed by atoms with van der Waals surface area (Å²) in [5.74, 6) is 0.375. The maximum Gasteiger partial charge on any atom is 0.0821 e. The molecule has 0 bridgehead atoms. The first-order valence-corrected chi connectivity index (χ1v) is 5.94. The van der Waals surface area contributed by atoms with Crippen molar-refractivity contribution in [2.24, 2.45) is 0 Å². The van der Waals surface area contributed by atoms with Gasteiger partial charge in [-0.05, 0) is 20.4 Å². The molecule has 15 heavy (non-hydrogen) atoms. The number of aryl methyl sites for hydroxylation is 1. The van der Waals surface area contributed by atoms with Crippen LogP contribution in [0.5, 0.6) is 0 Å². The van der Waals surface area contributed by atoms with Crippen molar-refractivity contribution in [3.8, 4) is 0 Å². The van der Waals surface area contributed by atoms with E-state index in [2.05, 4.69) is 38.1 Å². The highest BCUT2D eigenvalue weighted by molar-refractivity contribution is 6.31. The predicted molar refractivity (Wildman–Crippen MR) is 64.5 cm³/mol. The van der Waals surface area contributed by atoms with E-state index < -0.39 is 0 Å². The van der Waals surface area contributed by atoms with Gasteiger partial charge >= 0.3 is 0 Å². The van der Waals surface area contributed by atoms with Gasteiger partial charge in [0.15, 0.2) is 0 Å². The lowest BCUT2D eigenvalue weighted by molar-refractivity contribution is 0.462. The molecule has 0 amide bonds. The van der Waals surface area contributed by atoms with Crippen LogP contribution in [0.3, 0.4) is 0 Å². The molecule has 3 nitrogen and oxygen atoms in total. The zero-order valence-corrected chi connectivity index (χ0v) is 10.7. The first-order valence-electron chi connectivity index (χ1n) is 5.56. The molecule has 0 aliphatic carbocycles. The van der Waals surface area contributed by atoms with Gasteiger partial charge in [-0.1, -0.05) is 25.4 Å². The molecular weight excluding hydrogens is 210 g/mol. The first-order chi connectivity index (χ1) is 7.11. The van der Waals surface area contributed by atoms with E-state index in [1.165, 1.54) is 0 Å². The minimum atomic E-state index is 0.375. The SMILES string of the molecule is CCNC(C)C(C)c1c(Cl)cnn1CC. The van der Waals surface area contributed by atoms with E-state index in [0.29, 0.717) is 12.0 Å². The van der Waals surface area contributed by atoms with Crippen LogP contribution in [0.25, 0.3) is 0 Å². The van der Waals surface area contributed by atoms with E-state index in [1.807, 2.05) is 4.68 Å². The van der Waals surface area contributed by atoms with Gasteiger partial charge in [-0.15, -0.1) is 0 Å². The standard InChI is InChI=1S/C11H20ClN3/c1-5-13-9(4)8(3)11-10(12)7-14-15(11)6-2/h7-9,13H,5-6H2,1-4H3. The highest BCUT2D eigenvalue weighted by atomic mass is 35.5. The molecule has 1 N–H and O–H groups in total. The molecule has 1 heterocycles. The van der Waals surface area contributed by atoms with E-state index in [0.717, 1.165) is 23.8 Å². The molecule has 0 aromatic carbocycles. The number of aromatic nitrogens is 2. The molecule has 0 spiro atoms. The number of hydrogen-bond acceptors (Lipinski definition) is 2. The Morgan fingerprint density at radius 1 is 1.47 bits per heavy atom. The minimum absolute atomic E-state index is 0.375. The topological polar surface area (TPSA) is 29.9 Å². The van der Waals surface area contributed by atoms with Crippen molar-refractivity contribution < 1.29 is 0 Å². The Kier molecular flexibility index (Phi) is 4.61. The van der Waals surface area contributed by atoms with E-state index >= 15 is 0 Å². The second-order valence-electron chi connectivity index (χ2n) is 3.83. The third kappa shape index (κ3) is 2.73. The van der Waals surface area contributed by atoms with Crippen LogP contribution < -0.4 is 5.32 Å². The van der Waals surface area contributed by atoms with E-state index in [-0.39, 0.29) is 0 Å². The van der Waals surface area contributed by atoms with Gasteiger partial charge in [0.2, 0.25) is 0 Å². The highest BCUT2D eigenvalue weighted by Gasteiger charge is 2.20. The Hall–Kier alpha value is -0.540. The van der Waals surface area contributed by atoms with Gasteiger partial charge in [-0.2, -0.15) is 5.10 Å². The Morgan fingerprint density at radius 2 is 2.13 bits per heavy atom. The monoisotopic (exact) mass is 229 g/mol. The largest absolute Gasteiger partial charge is 0.314 e. The maximum atomic E-state index is 6.15. The second kappa shape index (κ2) is 5.52. The lowest BCUT2D eigenvalue weighted by Gasteiger charge is -2.21. The fourth-order valence-electron chi connectivity index (χ4n) is 1.81. The van der Waals surface area contributed by atoms with Crippen molar-refractivity contribution in [3.05, 3.63) is 16.9 Å². The smallest absolute Gasteiger partial charge is 0.0821 e. The summed E-state index contributed by atoms with van der Waals surface area (Å²) >= 11 is 6.15. The number of rotatable bonds is 5. The fourth-order valence-corrected chi connectivity index (χ4v) is 2.13. The molecule has 86 valence electrons. The van der Waals surface area contributed by atoms with Crippen molar-refractivity contribution >= 4 is 11.6 Å². The van der Waals surface area contributed by atoms with Crippen molar-refractivity contribution in [3.63, 3.8) is 0 Å². The average Bonchev–Trinajstić information content (AvgIpc) is 2.58. The lowest BCUT2D eigenvalue weighted by atomic mass is 9.99. The predicted octanol–water partition coefficient (Wildman–Crippen LogP) is 2.66. The van der Waals surface area contributed by atoms with Crippen molar-refractivity contribution in [1.29, 1.82) is 0 Å². The summed E-state index contributed by atoms with van der Waals surface area (Å²) in [5, 5.41) is 8.44. The fraction of sp³-hybridized carbons (Fsp3) is 0.727. The van der Waals surface area contributed by atoms with E-state index in [1.54, 1.807) is 6.20 Å². The summed E-state index contributed by atoms with van der Waals surface area (Å²) in [6, 6.07) is 0.412. The van der Waals surface area contributed by atoms with Crippen LogP contribution in [-0.4, -0.2) is 22.4 Å². The molecule has 0 saturated carbocycles. The average molecular weight is 230 g/mol. The number of nitrogens with one attached hydrogen (secondary N) is 1. The Bertz CT molecular complexity index is 309. The molecule has 0 radical (unpaired) electrons. The molecule has 0 aliphatic rings. The molecule has 1 aromatic rings. The normalized spacial score (nSPS) is 15.3. The summed E-state index contributed by atoms with van der Waals surface area (Å²) < 4.78 is 1.97. The molecule has 1 rings (SSSR count). The van der Waals surface area contributed by atoms with Gasteiger partial charge in [0.1, 0.15) is 0 Å². The van der Waals surface area contributed by atoms with Crippen LogP contribution in [0, 0.1) is 0 Å². The third-order valence-electron chi connectivity index (χ3n) is 2.84. The first kappa shape index (κ1) is 12.5. The Balaban J connectivity index is 2.88. The van der Waals surface area contributed by atoms with Crippen LogP contribution in [-0.2, 0) is 6.54 Å². The van der Waals surface area contributed by atoms with Gasteiger partial charge < -0.3 is 5.32 Å². The van der Waals surface area contributed by atoms with Crippen LogP contribution in [0.4, 0.5) is 0 Å². The number of halogens is 1. The number of nitrogens with zero attached hydrogens (tertiary/aromatic N) is 2. The third-order valence-corrected chi connectivity index (χ3v) is 3.13. The van der Waals surface area contributed by atoms with Gasteiger partial charge in [0.05, 0.1) is 16.9 Å². The Labute approximate surface area is 96.8 Å². The van der Waals surface area contributed by atoms with Crippen molar-refractivity contribution in [1.82, 2.24) is 15.1 Å². The van der Waals surface area contributed by atoms with Crippen LogP contribution in [0.15, 0.2) is 6.20 Å². The van der Waals surface area contributed by atoms with Gasteiger partial charge in [0.25, 0.3) is 0 Å². The molecule has 0 aliphatic heterocycles. The minimum Gasteiger partial charge on any atom is -0.314 e. The molecule has 0 fully saturated rings. The zero-order chi connectivity index (χ0) is 11.4. The van der Waals surface area contributed by atoms with Gasteiger partial charge in [-0.25, -0.2) is 0 Å². The van der Waals surface area contributed by atoms with Crippen LogP contribution >= 0.6 is 11.6 Å². The Morgan fingerprint density at radius 3 is 2.67 bits per heavy atom. The number of likely N-dealkylation sites (N-methyl/N-ethyl adjacent to an activating group) is 1. The highest BCUT2D eigenvalue weighted by Crippen LogP contribution is 2.26. The number of hydrogen-bond donors (Lipinski definition) is 1.